The molecule has 7 aromatic rings. The van der Waals surface area contributed by atoms with Gasteiger partial charge in [0.1, 0.15) is 108 Å². The summed E-state index contributed by atoms with van der Waals surface area (Å²) in [7, 11) is 0. The van der Waals surface area contributed by atoms with Crippen molar-refractivity contribution in [2.45, 2.75) is 240 Å². The van der Waals surface area contributed by atoms with Crippen molar-refractivity contribution in [3.8, 4) is 57.1 Å². The molecule has 1 unspecified atom stereocenters. The molecule has 8 aliphatic rings. The summed E-state index contributed by atoms with van der Waals surface area (Å²) in [5, 5.41) is 150. The van der Waals surface area contributed by atoms with Crippen molar-refractivity contribution in [3.05, 3.63) is 186 Å². The molecule has 20 N–H and O–H groups in total. The summed E-state index contributed by atoms with van der Waals surface area (Å²) in [6, 6.07) is 17.6. The Labute approximate surface area is 777 Å². The van der Waals surface area contributed by atoms with Gasteiger partial charge in [0.25, 0.3) is 0 Å². The standard InChI is InChI=1S/C92H102Cl4N6O29.CH4/c1-6-43(22-38(2)3)85(118)101-73-60(108)29-48(32-68(97)110)86(119)99-71-47-30-65(125-62-20-16-45(75(73)111)27-56(62)95)82(130-91-80(116)78(114)83(67(37-103)128-91)131-90-79(115)77(113)76(112)64(127-90)9-7-8-40-10-12-41(13-11-40)23-49(104)24-42-14-18-54(93)55(94)25-42)66(31-47)126-63-21-17-46(28-57(63)96)81(129-69-36-92(5,98)84(117)39(4)124-69)74-88(121)100-72(89(122)123)53-33-50(105)34-59(107)70(53)52-26-44(15-19-58(52)106)51(35-61(71)109)87(120)102-74;/h10-21,25-28,30-31,33-34,38-39,43,48,51,64,67,69,71-81,83-84,90-91,103,105-107,111-117H,6-9,22-24,29,32,35-37,98H2,1-5H3,(H2,97,110)(H,99,119)(H,100,121)(H,101,118)(H,102,120)(H,122,123);1H4/t39-,43+,48-,51+,64+,67+,69?,71+,72+,73-,74-,75+,76-,77-,78+,79+,80+,81+,83+,84-,90-,91-,92-;/m0./s1. The summed E-state index contributed by atoms with van der Waals surface area (Å²) in [5.41, 5.74) is 10.8. The number of ketones is 3. The number of phenols is 3. The van der Waals surface area contributed by atoms with E-state index in [9.17, 15) is 80.5 Å². The number of halogens is 4. The summed E-state index contributed by atoms with van der Waals surface area (Å²) in [5.74, 6) is -19.9. The minimum absolute atomic E-state index is 0. The predicted octanol–water partition coefficient (Wildman–Crippen LogP) is 7.67. The van der Waals surface area contributed by atoms with E-state index in [-0.39, 0.29) is 78.7 Å². The summed E-state index contributed by atoms with van der Waals surface area (Å²) >= 11 is 26.8. The average molecular weight is 1910 g/mol. The number of aliphatic carboxylic acids is 1. The topological polar surface area (TPSA) is 570 Å². The van der Waals surface area contributed by atoms with Crippen LogP contribution in [0.1, 0.15) is 168 Å². The number of aryl methyl sites for hydroxylation is 1. The number of benzene rings is 7. The normalized spacial score (nSPS) is 28.8. The molecular formula is C93H106Cl4N6O29. The number of nitrogens with two attached hydrogens (primary N) is 2. The fourth-order valence-corrected chi connectivity index (χ4v) is 18.1. The van der Waals surface area contributed by atoms with Crippen LogP contribution in [0.15, 0.2) is 121 Å². The minimum atomic E-state index is -2.35. The molecule has 15 rings (SSSR count). The van der Waals surface area contributed by atoms with Gasteiger partial charge in [0, 0.05) is 72.7 Å². The number of aliphatic hydroxyl groups is 8. The lowest BCUT2D eigenvalue weighted by Gasteiger charge is -2.46. The Morgan fingerprint density at radius 3 is 1.89 bits per heavy atom. The number of carboxylic acids is 1. The number of Topliss-reactive ketones (excluding diaryl/α,β-unsaturated/α-hetero) is 3. The van der Waals surface area contributed by atoms with E-state index in [0.29, 0.717) is 34.9 Å². The third-order valence-electron chi connectivity index (χ3n) is 24.3. The van der Waals surface area contributed by atoms with Gasteiger partial charge in [-0.15, -0.1) is 0 Å². The summed E-state index contributed by atoms with van der Waals surface area (Å²) in [6.45, 7) is 7.29. The summed E-state index contributed by atoms with van der Waals surface area (Å²) in [4.78, 5) is 134. The number of carbonyl (C=O) groups excluding carboxylic acids is 8. The number of carboxylic acid groups (broad SMARTS) is 1. The van der Waals surface area contributed by atoms with Crippen molar-refractivity contribution in [1.29, 1.82) is 0 Å². The Balaban J connectivity index is 0.0000157. The van der Waals surface area contributed by atoms with E-state index in [1.54, 1.807) is 37.3 Å². The fourth-order valence-electron chi connectivity index (χ4n) is 17.3. The van der Waals surface area contributed by atoms with Gasteiger partial charge in [-0.2, -0.15) is 0 Å². The van der Waals surface area contributed by atoms with E-state index < -0.39 is 280 Å². The van der Waals surface area contributed by atoms with Crippen LogP contribution < -0.4 is 46.9 Å². The van der Waals surface area contributed by atoms with Gasteiger partial charge in [-0.3, -0.25) is 38.4 Å². The van der Waals surface area contributed by atoms with Gasteiger partial charge in [-0.25, -0.2) is 4.79 Å². The second-order valence-electron chi connectivity index (χ2n) is 34.5. The van der Waals surface area contributed by atoms with E-state index in [1.165, 1.54) is 38.1 Å². The maximum absolute atomic E-state index is 16.6. The Morgan fingerprint density at radius 2 is 1.26 bits per heavy atom. The van der Waals surface area contributed by atoms with Crippen molar-refractivity contribution < 1.29 is 142 Å². The number of primary amides is 1. The first-order chi connectivity index (χ1) is 62.1. The van der Waals surface area contributed by atoms with E-state index in [0.717, 1.165) is 65.7 Å². The molecule has 39 heteroatoms. The van der Waals surface area contributed by atoms with E-state index in [1.807, 2.05) is 26.0 Å². The van der Waals surface area contributed by atoms with Crippen LogP contribution >= 0.6 is 46.4 Å². The molecule has 8 aliphatic heterocycles. The zero-order valence-corrected chi connectivity index (χ0v) is 74.3. The molecule has 0 saturated carbocycles. The second-order valence-corrected chi connectivity index (χ2v) is 36.2. The van der Waals surface area contributed by atoms with Crippen molar-refractivity contribution in [2.24, 2.45) is 29.2 Å². The second kappa shape index (κ2) is 42.6. The highest BCUT2D eigenvalue weighted by molar-refractivity contribution is 6.42. The zero-order chi connectivity index (χ0) is 94.8. The molecule has 3 fully saturated rings. The number of rotatable bonds is 23. The zero-order valence-electron chi connectivity index (χ0n) is 71.3. The number of ether oxygens (including phenoxy) is 8. The molecule has 7 aromatic carbocycles. The molecule has 5 amide bonds. The van der Waals surface area contributed by atoms with E-state index >= 15 is 24.0 Å². The molecule has 132 heavy (non-hydrogen) atoms. The molecule has 3 saturated heterocycles. The highest BCUT2D eigenvalue weighted by atomic mass is 35.5. The molecule has 0 aliphatic carbocycles. The van der Waals surface area contributed by atoms with Gasteiger partial charge < -0.3 is 132 Å². The quantitative estimate of drug-likeness (QED) is 0.0292. The van der Waals surface area contributed by atoms with Crippen molar-refractivity contribution in [2.75, 3.05) is 6.61 Å². The van der Waals surface area contributed by atoms with Gasteiger partial charge in [-0.1, -0.05) is 123 Å². The highest BCUT2D eigenvalue weighted by Gasteiger charge is 2.53. The SMILES string of the molecule is C.CC[C@H](CC(C)C)C(=O)N[C@H]1C(=O)C[C@@H](CC(N)=O)C(=O)N[C@H]2C(=O)C[C@H]3C(=O)N[C@H](C(=O)N[C@@H](C(=O)O)c4cc(O)cc(O)c4-c4cc3ccc4O)[C@H](OC3C[C@](C)(N)[C@@H](O)[C@H](C)O3)c3ccc(c(Cl)c3)Oc3cc2cc(c3O[C@@H]2O[C@H](CO)[C@@H](O[C@@H]3O[C@H](CCCc4ccc(CC(=O)Cc5ccc(Cl)c(Cl)c5)cc4)[C@H](O)[C@H](O)[C@H]3O)[C@H](O)[C@H]2O)Oc2ccc(cc2Cl)[C@H]1O. The average Bonchev–Trinajstić information content (AvgIpc) is 0.769. The van der Waals surface area contributed by atoms with Crippen LogP contribution in [-0.4, -0.2) is 218 Å². The number of hydrogen-bond donors (Lipinski definition) is 18. The molecule has 11 bridgehead atoms. The third-order valence-corrected chi connectivity index (χ3v) is 25.6. The van der Waals surface area contributed by atoms with Crippen LogP contribution in [0.2, 0.25) is 20.1 Å². The van der Waals surface area contributed by atoms with Crippen LogP contribution in [0, 0.1) is 17.8 Å². The number of amides is 5. The van der Waals surface area contributed by atoms with Gasteiger partial charge >= 0.3 is 5.97 Å². The monoisotopic (exact) mass is 1910 g/mol. The lowest BCUT2D eigenvalue weighted by molar-refractivity contribution is -0.351. The van der Waals surface area contributed by atoms with Crippen LogP contribution in [0.3, 0.4) is 0 Å². The fraction of sp³-hybridized carbons (Fsp3) is 0.452. The number of aliphatic hydroxyl groups excluding tert-OH is 8. The lowest BCUT2D eigenvalue weighted by Crippen LogP contribution is -2.64. The third kappa shape index (κ3) is 22.7. The Morgan fingerprint density at radius 1 is 0.629 bits per heavy atom. The number of hydrogen-bond acceptors (Lipinski definition) is 29. The van der Waals surface area contributed by atoms with Gasteiger partial charge in [0.15, 0.2) is 41.7 Å². The minimum Gasteiger partial charge on any atom is -0.508 e. The lowest BCUT2D eigenvalue weighted by atomic mass is 9.84. The number of fused-ring (bicyclic) bond motifs is 15. The molecule has 35 nitrogen and oxygen atoms in total. The maximum atomic E-state index is 16.6. The van der Waals surface area contributed by atoms with Crippen LogP contribution in [0.4, 0.5) is 0 Å². The van der Waals surface area contributed by atoms with E-state index in [4.69, 9.17) is 95.8 Å². The van der Waals surface area contributed by atoms with Gasteiger partial charge in [0.05, 0.1) is 56.8 Å². The first kappa shape index (κ1) is 101. The van der Waals surface area contributed by atoms with Crippen LogP contribution in [0.5, 0.6) is 46.0 Å². The highest BCUT2D eigenvalue weighted by Crippen LogP contribution is 2.51. The smallest absolute Gasteiger partial charge is 0.330 e. The Hall–Kier alpha value is -10.2. The van der Waals surface area contributed by atoms with Crippen LogP contribution in [0.25, 0.3) is 11.1 Å². The molecule has 23 atom stereocenters. The summed E-state index contributed by atoms with van der Waals surface area (Å²) in [6.07, 6.45) is -29.4. The summed E-state index contributed by atoms with van der Waals surface area (Å²) < 4.78 is 51.6. The Bertz CT molecular complexity index is 5480. The van der Waals surface area contributed by atoms with Gasteiger partial charge in [0.2, 0.25) is 41.6 Å². The molecule has 710 valence electrons. The van der Waals surface area contributed by atoms with Gasteiger partial charge in [-0.05, 0) is 158 Å². The van der Waals surface area contributed by atoms with Crippen LogP contribution in [-0.2, 0) is 86.1 Å². The first-order valence-electron chi connectivity index (χ1n) is 42.5. The van der Waals surface area contributed by atoms with Crippen molar-refractivity contribution in [1.82, 2.24) is 21.3 Å². The maximum Gasteiger partial charge on any atom is 0.330 e. The molecule has 0 aromatic heterocycles. The van der Waals surface area contributed by atoms with E-state index in [2.05, 4.69) is 21.3 Å². The predicted molar refractivity (Wildman–Crippen MR) is 473 cm³/mol. The molecular weight excluding hydrogens is 1810 g/mol. The Kier molecular flexibility index (Phi) is 32.5. The molecule has 0 radical (unpaired) electrons. The molecule has 0 spiro atoms. The largest absolute Gasteiger partial charge is 0.508 e. The van der Waals surface area contributed by atoms with Crippen molar-refractivity contribution in [3.63, 3.8) is 0 Å². The number of nitrogens with one attached hydrogen (secondary N) is 4. The first-order valence-corrected chi connectivity index (χ1v) is 44.0. The number of carbonyl (C=O) groups is 9. The number of aromatic hydroxyl groups is 3. The number of phenolic OH excluding ortho intramolecular Hbond substituents is 3. The van der Waals surface area contributed by atoms with Crippen molar-refractivity contribution >= 4 is 99.3 Å². The molecule has 8 heterocycles.